The molecule has 0 spiro atoms. The number of hydrogen-bond donors (Lipinski definition) is 1. The lowest BCUT2D eigenvalue weighted by Gasteiger charge is -2.22. The van der Waals surface area contributed by atoms with E-state index < -0.39 is 10.0 Å². The van der Waals surface area contributed by atoms with Gasteiger partial charge in [0.15, 0.2) is 5.96 Å². The third-order valence-corrected chi connectivity index (χ3v) is 7.27. The monoisotopic (exact) mass is 430 g/mol. The number of nitrogens with one attached hydrogen (secondary N) is 1. The van der Waals surface area contributed by atoms with E-state index >= 15 is 0 Å². The van der Waals surface area contributed by atoms with Gasteiger partial charge in [-0.3, -0.25) is 4.99 Å². The maximum Gasteiger partial charge on any atom is 0.242 e. The molecule has 1 unspecified atom stereocenters. The minimum absolute atomic E-state index is 0.294. The lowest BCUT2D eigenvalue weighted by molar-refractivity contribution is 0.414. The Balaban J connectivity index is 1.58. The van der Waals surface area contributed by atoms with Crippen LogP contribution in [0.2, 0.25) is 0 Å². The van der Waals surface area contributed by atoms with Gasteiger partial charge in [-0.05, 0) is 41.8 Å². The number of guanidine groups is 1. The number of sulfonamides is 1. The molecular weight excluding hydrogens is 400 g/mol. The largest absolute Gasteiger partial charge is 0.497 e. The van der Waals surface area contributed by atoms with Crippen molar-refractivity contribution in [2.24, 2.45) is 4.99 Å². The fourth-order valence-electron chi connectivity index (χ4n) is 3.60. The summed E-state index contributed by atoms with van der Waals surface area (Å²) in [6, 6.07) is 15.2. The summed E-state index contributed by atoms with van der Waals surface area (Å²) in [5, 5.41) is 3.39. The van der Waals surface area contributed by atoms with Gasteiger partial charge in [0.25, 0.3) is 0 Å². The van der Waals surface area contributed by atoms with Gasteiger partial charge in [-0.1, -0.05) is 24.3 Å². The van der Waals surface area contributed by atoms with E-state index in [9.17, 15) is 8.42 Å². The van der Waals surface area contributed by atoms with Gasteiger partial charge in [-0.25, -0.2) is 12.7 Å². The standard InChI is InChI=1S/C22H30N4O3S/c1-23-22(24-15-17-5-11-21(12-6-17)30(27,28)25(2)3)26-14-13-19(16-26)18-7-9-20(29-4)10-8-18/h5-12,19H,13-16H2,1-4H3,(H,23,24). The Bertz CT molecular complexity index is 970. The Hall–Kier alpha value is -2.58. The Labute approximate surface area is 179 Å². The Morgan fingerprint density at radius 1 is 1.17 bits per heavy atom. The van der Waals surface area contributed by atoms with Gasteiger partial charge in [0.05, 0.1) is 12.0 Å². The summed E-state index contributed by atoms with van der Waals surface area (Å²) in [7, 11) is 3.12. The van der Waals surface area contributed by atoms with Gasteiger partial charge >= 0.3 is 0 Å². The average Bonchev–Trinajstić information content (AvgIpc) is 3.24. The number of aliphatic imine (C=N–C) groups is 1. The van der Waals surface area contributed by atoms with Crippen LogP contribution >= 0.6 is 0 Å². The molecule has 2 aromatic carbocycles. The van der Waals surface area contributed by atoms with Crippen LogP contribution in [0.4, 0.5) is 0 Å². The van der Waals surface area contributed by atoms with Crippen LogP contribution in [0.3, 0.4) is 0 Å². The van der Waals surface area contributed by atoms with Crippen molar-refractivity contribution in [3.05, 3.63) is 59.7 Å². The summed E-state index contributed by atoms with van der Waals surface area (Å²) in [6.45, 7) is 2.43. The SMILES string of the molecule is CN=C(NCc1ccc(S(=O)(=O)N(C)C)cc1)N1CCC(c2ccc(OC)cc2)C1. The van der Waals surface area contributed by atoms with Crippen molar-refractivity contribution < 1.29 is 13.2 Å². The molecule has 0 bridgehead atoms. The van der Waals surface area contributed by atoms with Crippen molar-refractivity contribution in [3.63, 3.8) is 0 Å². The highest BCUT2D eigenvalue weighted by Gasteiger charge is 2.26. The first-order valence-corrected chi connectivity index (χ1v) is 11.4. The van der Waals surface area contributed by atoms with Crippen LogP contribution in [0.5, 0.6) is 5.75 Å². The smallest absolute Gasteiger partial charge is 0.242 e. The van der Waals surface area contributed by atoms with E-state index in [1.807, 2.05) is 24.3 Å². The van der Waals surface area contributed by atoms with Crippen molar-refractivity contribution in [2.75, 3.05) is 41.3 Å². The van der Waals surface area contributed by atoms with Gasteiger partial charge in [0.2, 0.25) is 10.0 Å². The highest BCUT2D eigenvalue weighted by molar-refractivity contribution is 7.89. The molecule has 0 amide bonds. The maximum atomic E-state index is 12.2. The Morgan fingerprint density at radius 2 is 1.83 bits per heavy atom. The molecule has 1 aliphatic heterocycles. The fourth-order valence-corrected chi connectivity index (χ4v) is 4.51. The first-order valence-electron chi connectivity index (χ1n) is 9.96. The Kier molecular flexibility index (Phi) is 6.99. The summed E-state index contributed by atoms with van der Waals surface area (Å²) in [4.78, 5) is 6.99. The number of methoxy groups -OCH3 is 1. The van der Waals surface area contributed by atoms with E-state index in [1.54, 1.807) is 26.3 Å². The maximum absolute atomic E-state index is 12.2. The van der Waals surface area contributed by atoms with Crippen LogP contribution in [0, 0.1) is 0 Å². The van der Waals surface area contributed by atoms with Crippen molar-refractivity contribution in [1.82, 2.24) is 14.5 Å². The molecule has 7 nitrogen and oxygen atoms in total. The molecule has 1 N–H and O–H groups in total. The second-order valence-electron chi connectivity index (χ2n) is 7.54. The molecule has 0 aromatic heterocycles. The van der Waals surface area contributed by atoms with Crippen molar-refractivity contribution in [3.8, 4) is 5.75 Å². The van der Waals surface area contributed by atoms with E-state index in [0.29, 0.717) is 17.4 Å². The highest BCUT2D eigenvalue weighted by Crippen LogP contribution is 2.28. The first-order chi connectivity index (χ1) is 14.3. The van der Waals surface area contributed by atoms with Crippen LogP contribution in [0.1, 0.15) is 23.5 Å². The lowest BCUT2D eigenvalue weighted by atomic mass is 9.98. The normalized spacial score (nSPS) is 17.4. The fraction of sp³-hybridized carbons (Fsp3) is 0.409. The third-order valence-electron chi connectivity index (χ3n) is 5.44. The number of nitrogens with zero attached hydrogens (tertiary/aromatic N) is 3. The van der Waals surface area contributed by atoms with Crippen molar-refractivity contribution in [2.45, 2.75) is 23.8 Å². The second-order valence-corrected chi connectivity index (χ2v) is 9.69. The van der Waals surface area contributed by atoms with Gasteiger partial charge < -0.3 is 15.0 Å². The molecule has 0 saturated carbocycles. The molecule has 1 atom stereocenters. The topological polar surface area (TPSA) is 74.2 Å². The van der Waals surface area contributed by atoms with E-state index in [4.69, 9.17) is 4.74 Å². The zero-order valence-corrected chi connectivity index (χ0v) is 18.8. The molecular formula is C22H30N4O3S. The van der Waals surface area contributed by atoms with E-state index in [1.165, 1.54) is 24.0 Å². The highest BCUT2D eigenvalue weighted by atomic mass is 32.2. The van der Waals surface area contributed by atoms with E-state index in [-0.39, 0.29) is 0 Å². The van der Waals surface area contributed by atoms with E-state index in [2.05, 4.69) is 27.3 Å². The van der Waals surface area contributed by atoms with Gasteiger partial charge in [-0.15, -0.1) is 0 Å². The Morgan fingerprint density at radius 3 is 2.40 bits per heavy atom. The molecule has 0 radical (unpaired) electrons. The minimum Gasteiger partial charge on any atom is -0.497 e. The average molecular weight is 431 g/mol. The molecule has 1 fully saturated rings. The molecule has 3 rings (SSSR count). The van der Waals surface area contributed by atoms with Gasteiger partial charge in [-0.2, -0.15) is 0 Å². The molecule has 1 heterocycles. The third kappa shape index (κ3) is 4.94. The van der Waals surface area contributed by atoms with E-state index in [0.717, 1.165) is 36.8 Å². The number of benzene rings is 2. The zero-order chi connectivity index (χ0) is 21.7. The number of likely N-dealkylation sites (tertiary alicyclic amines) is 1. The van der Waals surface area contributed by atoms with Crippen LogP contribution in [0.25, 0.3) is 0 Å². The number of hydrogen-bond acceptors (Lipinski definition) is 4. The molecule has 1 aliphatic rings. The summed E-state index contributed by atoms with van der Waals surface area (Å²) in [5.41, 5.74) is 2.31. The summed E-state index contributed by atoms with van der Waals surface area (Å²) >= 11 is 0. The zero-order valence-electron chi connectivity index (χ0n) is 18.0. The van der Waals surface area contributed by atoms with Crippen molar-refractivity contribution >= 4 is 16.0 Å². The van der Waals surface area contributed by atoms with Gasteiger partial charge in [0.1, 0.15) is 5.75 Å². The van der Waals surface area contributed by atoms with Crippen LogP contribution in [-0.2, 0) is 16.6 Å². The predicted molar refractivity (Wildman–Crippen MR) is 119 cm³/mol. The van der Waals surface area contributed by atoms with Gasteiger partial charge in [0, 0.05) is 46.7 Å². The lowest BCUT2D eigenvalue weighted by Crippen LogP contribution is -2.39. The van der Waals surface area contributed by atoms with Crippen LogP contribution in [-0.4, -0.2) is 64.9 Å². The molecule has 0 aliphatic carbocycles. The second kappa shape index (κ2) is 9.49. The molecule has 1 saturated heterocycles. The summed E-state index contributed by atoms with van der Waals surface area (Å²) < 4.78 is 30.8. The van der Waals surface area contributed by atoms with Crippen LogP contribution in [0.15, 0.2) is 58.4 Å². The van der Waals surface area contributed by atoms with Crippen molar-refractivity contribution in [1.29, 1.82) is 0 Å². The molecule has 8 heteroatoms. The molecule has 30 heavy (non-hydrogen) atoms. The number of ether oxygens (including phenoxy) is 1. The predicted octanol–water partition coefficient (Wildman–Crippen LogP) is 2.51. The summed E-state index contributed by atoms with van der Waals surface area (Å²) in [6.07, 6.45) is 1.07. The van der Waals surface area contributed by atoms with Crippen LogP contribution < -0.4 is 10.1 Å². The molecule has 162 valence electrons. The quantitative estimate of drug-likeness (QED) is 0.563. The summed E-state index contributed by atoms with van der Waals surface area (Å²) in [5.74, 6) is 2.19. The molecule has 2 aromatic rings. The minimum atomic E-state index is -3.41. The first kappa shape index (κ1) is 22.1. The number of rotatable bonds is 6.